The molecule has 1 N–H and O–H groups in total. The maximum Gasteiger partial charge on any atom is 0.316 e. The highest BCUT2D eigenvalue weighted by Gasteiger charge is 2.24. The van der Waals surface area contributed by atoms with E-state index in [1.807, 2.05) is 6.07 Å². The number of nitrogens with zero attached hydrogens (tertiary/aromatic N) is 1. The van der Waals surface area contributed by atoms with Gasteiger partial charge in [0.05, 0.1) is 17.0 Å². The normalized spacial score (nSPS) is 10.6. The molecule has 0 aromatic heterocycles. The Morgan fingerprint density at radius 3 is 2.56 bits per heavy atom. The van der Waals surface area contributed by atoms with Crippen molar-refractivity contribution < 1.29 is 14.6 Å². The quantitative estimate of drug-likeness (QED) is 0.580. The monoisotopic (exact) mass is 219 g/mol. The molecule has 0 aliphatic rings. The summed E-state index contributed by atoms with van der Waals surface area (Å²) in [4.78, 5) is 11.6. The zero-order valence-corrected chi connectivity index (χ0v) is 9.44. The van der Waals surface area contributed by atoms with Crippen molar-refractivity contribution in [1.29, 1.82) is 5.26 Å². The van der Waals surface area contributed by atoms with Crippen LogP contribution in [0.2, 0.25) is 0 Å². The number of phenols is 1. The number of esters is 1. The van der Waals surface area contributed by atoms with E-state index in [1.165, 1.54) is 18.2 Å². The molecule has 84 valence electrons. The summed E-state index contributed by atoms with van der Waals surface area (Å²) in [5.41, 5.74) is -0.329. The Bertz CT molecular complexity index is 452. The molecule has 0 bridgehead atoms. The minimum Gasteiger partial charge on any atom is -0.504 e. The van der Waals surface area contributed by atoms with Crippen LogP contribution in [0.25, 0.3) is 0 Å². The van der Waals surface area contributed by atoms with E-state index in [-0.39, 0.29) is 11.5 Å². The number of rotatable bonds is 1. The smallest absolute Gasteiger partial charge is 0.316 e. The molecule has 0 aliphatic heterocycles. The topological polar surface area (TPSA) is 70.3 Å². The average Bonchev–Trinajstić information content (AvgIpc) is 2.19. The van der Waals surface area contributed by atoms with Crippen LogP contribution in [0.1, 0.15) is 26.3 Å². The highest BCUT2D eigenvalue weighted by molar-refractivity contribution is 5.78. The van der Waals surface area contributed by atoms with Crippen LogP contribution < -0.4 is 4.74 Å². The summed E-state index contributed by atoms with van der Waals surface area (Å²) in [6.45, 7) is 5.13. The van der Waals surface area contributed by atoms with E-state index in [2.05, 4.69) is 0 Å². The van der Waals surface area contributed by atoms with Crippen LogP contribution in [0.4, 0.5) is 0 Å². The molecule has 0 radical (unpaired) electrons. The zero-order chi connectivity index (χ0) is 12.3. The fourth-order valence-corrected chi connectivity index (χ4v) is 0.918. The Morgan fingerprint density at radius 1 is 1.44 bits per heavy atom. The van der Waals surface area contributed by atoms with Crippen molar-refractivity contribution in [3.05, 3.63) is 23.8 Å². The van der Waals surface area contributed by atoms with Crippen molar-refractivity contribution in [2.24, 2.45) is 5.41 Å². The second-order valence-electron chi connectivity index (χ2n) is 4.43. The molecule has 1 aromatic carbocycles. The molecule has 16 heavy (non-hydrogen) atoms. The van der Waals surface area contributed by atoms with E-state index < -0.39 is 11.4 Å². The minimum atomic E-state index is -0.658. The standard InChI is InChI=1S/C12H13NO3/c1-12(2,3)11(15)16-10-6-8(7-13)4-5-9(10)14/h4-6,14H,1-3H3. The van der Waals surface area contributed by atoms with Crippen molar-refractivity contribution in [2.75, 3.05) is 0 Å². The Labute approximate surface area is 94.1 Å². The first-order valence-electron chi connectivity index (χ1n) is 4.80. The molecule has 0 aliphatic carbocycles. The summed E-state index contributed by atoms with van der Waals surface area (Å²) >= 11 is 0. The minimum absolute atomic E-state index is 0.0129. The van der Waals surface area contributed by atoms with Crippen LogP contribution in [0.15, 0.2) is 18.2 Å². The molecular weight excluding hydrogens is 206 g/mol. The van der Waals surface area contributed by atoms with Gasteiger partial charge in [-0.3, -0.25) is 4.79 Å². The molecule has 1 rings (SSSR count). The van der Waals surface area contributed by atoms with Crippen LogP contribution in [-0.2, 0) is 4.79 Å². The fraction of sp³-hybridized carbons (Fsp3) is 0.333. The first kappa shape index (κ1) is 12.1. The number of carbonyl (C=O) groups excluding carboxylic acids is 1. The zero-order valence-electron chi connectivity index (χ0n) is 9.44. The largest absolute Gasteiger partial charge is 0.504 e. The molecule has 0 amide bonds. The van der Waals surface area contributed by atoms with Gasteiger partial charge in [0.2, 0.25) is 0 Å². The molecule has 0 spiro atoms. The van der Waals surface area contributed by atoms with Gasteiger partial charge in [0.25, 0.3) is 0 Å². The second-order valence-corrected chi connectivity index (χ2v) is 4.43. The lowest BCUT2D eigenvalue weighted by Gasteiger charge is -2.16. The number of hydrogen-bond acceptors (Lipinski definition) is 4. The fourth-order valence-electron chi connectivity index (χ4n) is 0.918. The van der Waals surface area contributed by atoms with Gasteiger partial charge in [0.1, 0.15) is 0 Å². The highest BCUT2D eigenvalue weighted by Crippen LogP contribution is 2.28. The molecule has 1 aromatic rings. The Hall–Kier alpha value is -2.02. The van der Waals surface area contributed by atoms with Gasteiger partial charge in [-0.2, -0.15) is 5.26 Å². The SMILES string of the molecule is CC(C)(C)C(=O)Oc1cc(C#N)ccc1O. The molecular formula is C12H13NO3. The van der Waals surface area contributed by atoms with E-state index >= 15 is 0 Å². The van der Waals surface area contributed by atoms with Gasteiger partial charge in [-0.05, 0) is 32.9 Å². The number of ether oxygens (including phenoxy) is 1. The predicted molar refractivity (Wildman–Crippen MR) is 57.9 cm³/mol. The number of carbonyl (C=O) groups is 1. The third-order valence-corrected chi connectivity index (χ3v) is 1.90. The van der Waals surface area contributed by atoms with E-state index in [1.54, 1.807) is 20.8 Å². The Kier molecular flexibility index (Phi) is 3.19. The number of benzene rings is 1. The number of nitriles is 1. The van der Waals surface area contributed by atoms with Crippen molar-refractivity contribution >= 4 is 5.97 Å². The average molecular weight is 219 g/mol. The first-order valence-corrected chi connectivity index (χ1v) is 4.80. The second kappa shape index (κ2) is 4.23. The lowest BCUT2D eigenvalue weighted by molar-refractivity contribution is -0.143. The summed E-state index contributed by atoms with van der Waals surface area (Å²) in [6, 6.07) is 6.01. The molecule has 0 heterocycles. The summed E-state index contributed by atoms with van der Waals surface area (Å²) in [5.74, 6) is -0.603. The number of aromatic hydroxyl groups is 1. The first-order chi connectivity index (χ1) is 7.34. The summed E-state index contributed by atoms with van der Waals surface area (Å²) < 4.78 is 5.01. The molecule has 4 nitrogen and oxygen atoms in total. The lowest BCUT2D eigenvalue weighted by Crippen LogP contribution is -2.25. The lowest BCUT2D eigenvalue weighted by atomic mass is 9.97. The molecule has 0 saturated heterocycles. The van der Waals surface area contributed by atoms with Crippen LogP contribution >= 0.6 is 0 Å². The maximum absolute atomic E-state index is 11.6. The number of phenolic OH excluding ortho intramolecular Hbond substituents is 1. The van der Waals surface area contributed by atoms with E-state index in [4.69, 9.17) is 10.00 Å². The van der Waals surface area contributed by atoms with Crippen LogP contribution in [0.3, 0.4) is 0 Å². The van der Waals surface area contributed by atoms with Gasteiger partial charge in [0, 0.05) is 6.07 Å². The Morgan fingerprint density at radius 2 is 2.06 bits per heavy atom. The van der Waals surface area contributed by atoms with Crippen LogP contribution in [-0.4, -0.2) is 11.1 Å². The van der Waals surface area contributed by atoms with Crippen molar-refractivity contribution in [2.45, 2.75) is 20.8 Å². The third-order valence-electron chi connectivity index (χ3n) is 1.90. The van der Waals surface area contributed by atoms with E-state index in [9.17, 15) is 9.90 Å². The van der Waals surface area contributed by atoms with Crippen molar-refractivity contribution in [1.82, 2.24) is 0 Å². The molecule has 4 heteroatoms. The number of hydrogen-bond donors (Lipinski definition) is 1. The van der Waals surface area contributed by atoms with Crippen molar-refractivity contribution in [3.8, 4) is 17.6 Å². The Balaban J connectivity index is 2.98. The van der Waals surface area contributed by atoms with Gasteiger partial charge in [-0.25, -0.2) is 0 Å². The van der Waals surface area contributed by atoms with E-state index in [0.29, 0.717) is 5.56 Å². The van der Waals surface area contributed by atoms with Gasteiger partial charge in [-0.15, -0.1) is 0 Å². The maximum atomic E-state index is 11.6. The van der Waals surface area contributed by atoms with Crippen LogP contribution in [0.5, 0.6) is 11.5 Å². The molecule has 0 fully saturated rings. The van der Waals surface area contributed by atoms with Gasteiger partial charge in [0.15, 0.2) is 11.5 Å². The van der Waals surface area contributed by atoms with E-state index in [0.717, 1.165) is 0 Å². The summed E-state index contributed by atoms with van der Waals surface area (Å²) in [7, 11) is 0. The molecule has 0 atom stereocenters. The van der Waals surface area contributed by atoms with Crippen molar-refractivity contribution in [3.63, 3.8) is 0 Å². The highest BCUT2D eigenvalue weighted by atomic mass is 16.5. The molecule has 0 saturated carbocycles. The van der Waals surface area contributed by atoms with Gasteiger partial charge in [-0.1, -0.05) is 0 Å². The summed E-state index contributed by atoms with van der Waals surface area (Å²) in [5, 5.41) is 18.1. The van der Waals surface area contributed by atoms with Gasteiger partial charge < -0.3 is 9.84 Å². The third kappa shape index (κ3) is 2.74. The van der Waals surface area contributed by atoms with Gasteiger partial charge >= 0.3 is 5.97 Å². The molecule has 0 unspecified atom stereocenters. The predicted octanol–water partition coefficient (Wildman–Crippen LogP) is 2.22. The summed E-state index contributed by atoms with van der Waals surface area (Å²) in [6.07, 6.45) is 0. The van der Waals surface area contributed by atoms with Crippen LogP contribution in [0, 0.1) is 16.7 Å².